The molecule has 2 rings (SSSR count). The Bertz CT molecular complexity index is 680. The van der Waals surface area contributed by atoms with E-state index in [0.717, 1.165) is 8.95 Å². The summed E-state index contributed by atoms with van der Waals surface area (Å²) in [6, 6.07) is 12.0. The Hall–Kier alpha value is -1.86. The lowest BCUT2D eigenvalue weighted by atomic mass is 10.1. The lowest BCUT2D eigenvalue weighted by Gasteiger charge is -2.09. The molecule has 0 unspecified atom stereocenters. The van der Waals surface area contributed by atoms with Crippen LogP contribution in [0.1, 0.15) is 15.9 Å². The fourth-order valence-electron chi connectivity index (χ4n) is 1.65. The van der Waals surface area contributed by atoms with E-state index in [1.54, 1.807) is 24.3 Å². The fraction of sp³-hybridized carbons (Fsp3) is 0. The number of benzene rings is 2. The van der Waals surface area contributed by atoms with E-state index in [9.17, 15) is 4.79 Å². The molecule has 0 saturated heterocycles. The number of hydrogen-bond acceptors (Lipinski definition) is 3. The number of anilines is 1. The second-order valence-corrected chi connectivity index (χ2v) is 5.82. The number of carbonyl (C=O) groups excluding carboxylic acids is 1. The van der Waals surface area contributed by atoms with Crippen LogP contribution in [0.25, 0.3) is 0 Å². The zero-order valence-electron chi connectivity index (χ0n) is 10.7. The van der Waals surface area contributed by atoms with Crippen molar-refractivity contribution in [2.75, 3.05) is 5.32 Å². The SMILES string of the molecule is N/C(=N/O)c1ccc(C(=O)Nc2c(Br)cccc2Br)cc1. The molecule has 0 aliphatic carbocycles. The van der Waals surface area contributed by atoms with Crippen LogP contribution in [0.4, 0.5) is 5.69 Å². The highest BCUT2D eigenvalue weighted by molar-refractivity contribution is 9.11. The number of nitrogens with two attached hydrogens (primary N) is 1. The molecule has 5 nitrogen and oxygen atoms in total. The molecule has 0 radical (unpaired) electrons. The van der Waals surface area contributed by atoms with Gasteiger partial charge in [-0.3, -0.25) is 4.79 Å². The van der Waals surface area contributed by atoms with Gasteiger partial charge in [0.25, 0.3) is 5.91 Å². The number of halogens is 2. The molecule has 4 N–H and O–H groups in total. The van der Waals surface area contributed by atoms with E-state index in [1.165, 1.54) is 0 Å². The zero-order valence-corrected chi connectivity index (χ0v) is 13.8. The summed E-state index contributed by atoms with van der Waals surface area (Å²) >= 11 is 6.77. The molecule has 108 valence electrons. The monoisotopic (exact) mass is 411 g/mol. The highest BCUT2D eigenvalue weighted by Crippen LogP contribution is 2.30. The van der Waals surface area contributed by atoms with Crippen molar-refractivity contribution >= 4 is 49.3 Å². The highest BCUT2D eigenvalue weighted by atomic mass is 79.9. The Balaban J connectivity index is 2.21. The van der Waals surface area contributed by atoms with Crippen molar-refractivity contribution in [2.45, 2.75) is 0 Å². The van der Waals surface area contributed by atoms with E-state index >= 15 is 0 Å². The quantitative estimate of drug-likeness (QED) is 0.311. The number of carbonyl (C=O) groups is 1. The minimum atomic E-state index is -0.256. The van der Waals surface area contributed by atoms with E-state index in [0.29, 0.717) is 16.8 Å². The maximum atomic E-state index is 12.2. The molecule has 0 spiro atoms. The predicted octanol–water partition coefficient (Wildman–Crippen LogP) is 3.56. The largest absolute Gasteiger partial charge is 0.409 e. The van der Waals surface area contributed by atoms with Crippen molar-refractivity contribution in [3.8, 4) is 0 Å². The van der Waals surface area contributed by atoms with Gasteiger partial charge in [-0.2, -0.15) is 0 Å². The summed E-state index contributed by atoms with van der Waals surface area (Å²) in [5.41, 5.74) is 7.13. The summed E-state index contributed by atoms with van der Waals surface area (Å²) in [5.74, 6) is -0.260. The van der Waals surface area contributed by atoms with Gasteiger partial charge in [-0.1, -0.05) is 23.4 Å². The first-order valence-corrected chi connectivity index (χ1v) is 7.45. The van der Waals surface area contributed by atoms with E-state index in [1.807, 2.05) is 18.2 Å². The molecule has 2 aromatic rings. The van der Waals surface area contributed by atoms with E-state index < -0.39 is 0 Å². The van der Waals surface area contributed by atoms with Crippen molar-refractivity contribution in [3.05, 3.63) is 62.5 Å². The molecule has 0 fully saturated rings. The van der Waals surface area contributed by atoms with Crippen molar-refractivity contribution in [2.24, 2.45) is 10.9 Å². The molecular weight excluding hydrogens is 402 g/mol. The summed E-state index contributed by atoms with van der Waals surface area (Å²) in [4.78, 5) is 12.2. The maximum Gasteiger partial charge on any atom is 0.255 e. The average molecular weight is 413 g/mol. The van der Waals surface area contributed by atoms with Gasteiger partial charge in [0.1, 0.15) is 0 Å². The molecule has 0 heterocycles. The van der Waals surface area contributed by atoms with Gasteiger partial charge in [0.2, 0.25) is 0 Å². The number of amidine groups is 1. The molecule has 0 aliphatic heterocycles. The number of nitrogens with one attached hydrogen (secondary N) is 1. The molecule has 0 aliphatic rings. The number of amides is 1. The normalized spacial score (nSPS) is 11.2. The number of para-hydroxylation sites is 1. The van der Waals surface area contributed by atoms with Crippen molar-refractivity contribution in [1.29, 1.82) is 0 Å². The third kappa shape index (κ3) is 3.62. The Kier molecular flexibility index (Phi) is 4.98. The van der Waals surface area contributed by atoms with Gasteiger partial charge in [0.05, 0.1) is 5.69 Å². The van der Waals surface area contributed by atoms with Crippen molar-refractivity contribution in [1.82, 2.24) is 0 Å². The van der Waals surface area contributed by atoms with E-state index in [4.69, 9.17) is 10.9 Å². The smallest absolute Gasteiger partial charge is 0.255 e. The minimum absolute atomic E-state index is 0.00416. The fourth-order valence-corrected chi connectivity index (χ4v) is 2.85. The molecule has 2 aromatic carbocycles. The summed E-state index contributed by atoms with van der Waals surface area (Å²) in [6.45, 7) is 0. The summed E-state index contributed by atoms with van der Waals surface area (Å²) in [6.07, 6.45) is 0. The van der Waals surface area contributed by atoms with E-state index in [-0.39, 0.29) is 11.7 Å². The minimum Gasteiger partial charge on any atom is -0.409 e. The molecule has 21 heavy (non-hydrogen) atoms. The van der Waals surface area contributed by atoms with Crippen LogP contribution in [-0.2, 0) is 0 Å². The van der Waals surface area contributed by atoms with Crippen LogP contribution in [0.15, 0.2) is 56.6 Å². The third-order valence-corrected chi connectivity index (χ3v) is 4.07. The summed E-state index contributed by atoms with van der Waals surface area (Å²) in [7, 11) is 0. The Morgan fingerprint density at radius 2 is 1.57 bits per heavy atom. The van der Waals surface area contributed by atoms with Crippen LogP contribution < -0.4 is 11.1 Å². The van der Waals surface area contributed by atoms with Gasteiger partial charge in [-0.05, 0) is 56.1 Å². The van der Waals surface area contributed by atoms with E-state index in [2.05, 4.69) is 42.3 Å². The molecule has 0 aromatic heterocycles. The zero-order chi connectivity index (χ0) is 15.4. The van der Waals surface area contributed by atoms with Crippen LogP contribution in [0, 0.1) is 0 Å². The molecule has 0 atom stereocenters. The maximum absolute atomic E-state index is 12.2. The van der Waals surface area contributed by atoms with Crippen LogP contribution in [0.3, 0.4) is 0 Å². The number of hydrogen-bond donors (Lipinski definition) is 3. The van der Waals surface area contributed by atoms with Gasteiger partial charge < -0.3 is 16.3 Å². The molecule has 1 amide bonds. The molecule has 7 heteroatoms. The Morgan fingerprint density at radius 1 is 1.05 bits per heavy atom. The molecular formula is C14H11Br2N3O2. The van der Waals surface area contributed by atoms with Crippen LogP contribution in [-0.4, -0.2) is 17.0 Å². The highest BCUT2D eigenvalue weighted by Gasteiger charge is 2.11. The van der Waals surface area contributed by atoms with Crippen LogP contribution in [0.5, 0.6) is 0 Å². The first-order chi connectivity index (χ1) is 10.0. The first kappa shape index (κ1) is 15.5. The molecule has 0 bridgehead atoms. The van der Waals surface area contributed by atoms with Gasteiger partial charge in [-0.25, -0.2) is 0 Å². The topological polar surface area (TPSA) is 87.7 Å². The van der Waals surface area contributed by atoms with Crippen LogP contribution >= 0.6 is 31.9 Å². The average Bonchev–Trinajstić information content (AvgIpc) is 2.50. The van der Waals surface area contributed by atoms with Gasteiger partial charge in [-0.15, -0.1) is 0 Å². The third-order valence-electron chi connectivity index (χ3n) is 2.75. The number of rotatable bonds is 3. The Morgan fingerprint density at radius 3 is 2.10 bits per heavy atom. The number of oxime groups is 1. The van der Waals surface area contributed by atoms with Crippen molar-refractivity contribution < 1.29 is 10.0 Å². The molecule has 0 saturated carbocycles. The lowest BCUT2D eigenvalue weighted by molar-refractivity contribution is 0.102. The predicted molar refractivity (Wildman–Crippen MR) is 88.7 cm³/mol. The summed E-state index contributed by atoms with van der Waals surface area (Å²) < 4.78 is 1.55. The lowest BCUT2D eigenvalue weighted by Crippen LogP contribution is -2.15. The van der Waals surface area contributed by atoms with Gasteiger partial charge >= 0.3 is 0 Å². The van der Waals surface area contributed by atoms with Gasteiger partial charge in [0.15, 0.2) is 5.84 Å². The first-order valence-electron chi connectivity index (χ1n) is 5.86. The Labute approximate surface area is 138 Å². The number of nitrogens with zero attached hydrogens (tertiary/aromatic N) is 1. The summed E-state index contributed by atoms with van der Waals surface area (Å²) in [5, 5.41) is 14.3. The standard InChI is InChI=1S/C14H11Br2N3O2/c15-10-2-1-3-11(16)12(10)18-14(20)9-6-4-8(5-7-9)13(17)19-21/h1-7,21H,(H2,17,19)(H,18,20). The second-order valence-electron chi connectivity index (χ2n) is 4.11. The van der Waals surface area contributed by atoms with Crippen LogP contribution in [0.2, 0.25) is 0 Å². The van der Waals surface area contributed by atoms with Gasteiger partial charge in [0, 0.05) is 20.1 Å². The van der Waals surface area contributed by atoms with Crippen molar-refractivity contribution in [3.63, 3.8) is 0 Å². The second kappa shape index (κ2) is 6.73.